The first-order valence-corrected chi connectivity index (χ1v) is 8.80. The van der Waals surface area contributed by atoms with Crippen molar-refractivity contribution >= 4 is 23.0 Å². The first-order valence-electron chi connectivity index (χ1n) is 8.43. The number of imidazole rings is 1. The quantitative estimate of drug-likeness (QED) is 0.513. The van der Waals surface area contributed by atoms with Gasteiger partial charge in [-0.15, -0.1) is 0 Å². The molecular weight excluding hydrogens is 365 g/mol. The number of carbonyl (C=O) groups is 1. The number of hydrogen-bond acceptors (Lipinski definition) is 1. The summed E-state index contributed by atoms with van der Waals surface area (Å²) in [6.07, 6.45) is 1.86. The molecule has 27 heavy (non-hydrogen) atoms. The molecule has 0 fully saturated rings. The van der Waals surface area contributed by atoms with Gasteiger partial charge in [0.25, 0.3) is 11.7 Å². The number of aromatic nitrogens is 2. The number of carbonyl (C=O) groups excluding carboxylic acids is 1. The monoisotopic (exact) mass is 380 g/mol. The van der Waals surface area contributed by atoms with Crippen molar-refractivity contribution in [2.75, 3.05) is 0 Å². The number of halogens is 2. The predicted molar refractivity (Wildman–Crippen MR) is 102 cm³/mol. The number of rotatable bonds is 4. The summed E-state index contributed by atoms with van der Waals surface area (Å²) in [5, 5.41) is 3.57. The maximum absolute atomic E-state index is 13.2. The Morgan fingerprint density at radius 1 is 1.04 bits per heavy atom. The minimum atomic E-state index is -0.305. The van der Waals surface area contributed by atoms with Gasteiger partial charge in [-0.05, 0) is 54.1 Å². The second-order valence-electron chi connectivity index (χ2n) is 6.12. The first-order chi connectivity index (χ1) is 13.1. The van der Waals surface area contributed by atoms with E-state index < -0.39 is 0 Å². The summed E-state index contributed by atoms with van der Waals surface area (Å²) in [5.41, 5.74) is 2.93. The molecule has 2 N–H and O–H groups in total. The second kappa shape index (κ2) is 7.21. The molecule has 0 spiro atoms. The minimum Gasteiger partial charge on any atom is -0.345 e. The average molecular weight is 381 g/mol. The van der Waals surface area contributed by atoms with Crippen LogP contribution in [0.2, 0.25) is 5.02 Å². The fourth-order valence-corrected chi connectivity index (χ4v) is 3.08. The van der Waals surface area contributed by atoms with Crippen LogP contribution in [0.3, 0.4) is 0 Å². The number of hydrogen-bond donors (Lipinski definition) is 2. The molecule has 4 nitrogen and oxygen atoms in total. The molecular formula is C21H16ClFN3O+. The highest BCUT2D eigenvalue weighted by atomic mass is 35.5. The topological polar surface area (TPSA) is 49.0 Å². The fourth-order valence-electron chi connectivity index (χ4n) is 2.95. The van der Waals surface area contributed by atoms with E-state index in [1.165, 1.54) is 12.1 Å². The maximum Gasteiger partial charge on any atom is 0.295 e. The van der Waals surface area contributed by atoms with Crippen LogP contribution in [0.4, 0.5) is 4.39 Å². The molecule has 0 atom stereocenters. The molecule has 0 unspecified atom stereocenters. The van der Waals surface area contributed by atoms with E-state index in [0.29, 0.717) is 23.1 Å². The molecule has 0 aliphatic carbocycles. The molecule has 2 aromatic heterocycles. The van der Waals surface area contributed by atoms with Gasteiger partial charge in [-0.3, -0.25) is 4.79 Å². The van der Waals surface area contributed by atoms with Crippen LogP contribution in [0.25, 0.3) is 16.9 Å². The van der Waals surface area contributed by atoms with Crippen LogP contribution in [0.15, 0.2) is 72.9 Å². The number of aromatic amines is 1. The van der Waals surface area contributed by atoms with Crippen molar-refractivity contribution in [3.05, 3.63) is 95.0 Å². The molecule has 0 bridgehead atoms. The molecule has 0 saturated heterocycles. The third-order valence-electron chi connectivity index (χ3n) is 4.31. The fraction of sp³-hybridized carbons (Fsp3) is 0.0476. The summed E-state index contributed by atoms with van der Waals surface area (Å²) in [5.74, 6) is 0.185. The van der Waals surface area contributed by atoms with E-state index >= 15 is 0 Å². The standard InChI is InChI=1S/C21H15ClFN3O/c22-16-8-4-14(5-9-16)13-24-21(27)19-18-3-1-2-12-26(18)20(25-19)15-6-10-17(23)11-7-15/h1-12H,13H2,(H,24,27)/p+1. The Hall–Kier alpha value is -3.18. The molecule has 0 radical (unpaired) electrons. The van der Waals surface area contributed by atoms with Crippen LogP contribution >= 0.6 is 11.6 Å². The van der Waals surface area contributed by atoms with Crippen molar-refractivity contribution in [3.8, 4) is 11.4 Å². The molecule has 134 valence electrons. The zero-order valence-corrected chi connectivity index (χ0v) is 15.0. The minimum absolute atomic E-state index is 0.220. The SMILES string of the molecule is O=C(NCc1ccc(Cl)cc1)c1[nH]c(-c2ccc(F)cc2)[n+]2ccccc12. The highest BCUT2D eigenvalue weighted by Crippen LogP contribution is 2.18. The van der Waals surface area contributed by atoms with E-state index in [2.05, 4.69) is 10.3 Å². The van der Waals surface area contributed by atoms with Gasteiger partial charge in [0.1, 0.15) is 5.82 Å². The van der Waals surface area contributed by atoms with Gasteiger partial charge in [-0.1, -0.05) is 29.8 Å². The summed E-state index contributed by atoms with van der Waals surface area (Å²) in [6.45, 7) is 0.389. The smallest absolute Gasteiger partial charge is 0.295 e. The lowest BCUT2D eigenvalue weighted by Crippen LogP contribution is -2.25. The lowest BCUT2D eigenvalue weighted by Gasteiger charge is -2.02. The number of fused-ring (bicyclic) bond motifs is 1. The molecule has 6 heteroatoms. The highest BCUT2D eigenvalue weighted by Gasteiger charge is 2.24. The third kappa shape index (κ3) is 3.55. The Bertz CT molecular complexity index is 1100. The van der Waals surface area contributed by atoms with Crippen LogP contribution in [0.5, 0.6) is 0 Å². The summed E-state index contributed by atoms with van der Waals surface area (Å²) < 4.78 is 15.1. The largest absolute Gasteiger partial charge is 0.345 e. The summed E-state index contributed by atoms with van der Waals surface area (Å²) in [4.78, 5) is 15.9. The van der Waals surface area contributed by atoms with Gasteiger partial charge in [0.2, 0.25) is 5.69 Å². The van der Waals surface area contributed by atoms with Gasteiger partial charge >= 0.3 is 0 Å². The van der Waals surface area contributed by atoms with Gasteiger partial charge in [0, 0.05) is 11.6 Å². The number of benzene rings is 2. The predicted octanol–water partition coefficient (Wildman–Crippen LogP) is 4.14. The zero-order valence-electron chi connectivity index (χ0n) is 14.2. The Morgan fingerprint density at radius 2 is 1.78 bits per heavy atom. The lowest BCUT2D eigenvalue weighted by atomic mass is 10.2. The number of nitrogens with zero attached hydrogens (tertiary/aromatic N) is 1. The number of H-pyrrole nitrogens is 1. The van der Waals surface area contributed by atoms with Crippen LogP contribution in [0.1, 0.15) is 16.1 Å². The lowest BCUT2D eigenvalue weighted by molar-refractivity contribution is -0.498. The summed E-state index contributed by atoms with van der Waals surface area (Å²) in [6, 6.07) is 19.1. The van der Waals surface area contributed by atoms with Gasteiger partial charge in [-0.2, -0.15) is 4.40 Å². The van der Waals surface area contributed by atoms with Gasteiger partial charge in [0.15, 0.2) is 5.52 Å². The Morgan fingerprint density at radius 3 is 2.52 bits per heavy atom. The van der Waals surface area contributed by atoms with Crippen LogP contribution < -0.4 is 9.72 Å². The van der Waals surface area contributed by atoms with Gasteiger partial charge < -0.3 is 5.32 Å². The average Bonchev–Trinajstić information content (AvgIpc) is 3.08. The molecule has 2 aromatic carbocycles. The molecule has 2 heterocycles. The molecule has 1 amide bonds. The second-order valence-corrected chi connectivity index (χ2v) is 6.56. The number of pyridine rings is 1. The Balaban J connectivity index is 1.66. The van der Waals surface area contributed by atoms with Crippen molar-refractivity contribution in [2.45, 2.75) is 6.54 Å². The van der Waals surface area contributed by atoms with E-state index in [9.17, 15) is 9.18 Å². The summed E-state index contributed by atoms with van der Waals surface area (Å²) >= 11 is 5.89. The van der Waals surface area contributed by atoms with E-state index in [-0.39, 0.29) is 11.7 Å². The van der Waals surface area contributed by atoms with Crippen LogP contribution in [-0.2, 0) is 6.54 Å². The number of amides is 1. The van der Waals surface area contributed by atoms with Crippen molar-refractivity contribution in [2.24, 2.45) is 0 Å². The van der Waals surface area contributed by atoms with Gasteiger partial charge in [0.05, 0.1) is 11.8 Å². The van der Waals surface area contributed by atoms with E-state index in [1.807, 2.05) is 40.9 Å². The molecule has 0 saturated carbocycles. The van der Waals surface area contributed by atoms with E-state index in [0.717, 1.165) is 16.6 Å². The van der Waals surface area contributed by atoms with Crippen molar-refractivity contribution in [1.82, 2.24) is 10.3 Å². The molecule has 4 aromatic rings. The molecule has 0 aliphatic heterocycles. The number of nitrogens with one attached hydrogen (secondary N) is 2. The maximum atomic E-state index is 13.2. The van der Waals surface area contributed by atoms with E-state index in [4.69, 9.17) is 11.6 Å². The first kappa shape index (κ1) is 17.2. The van der Waals surface area contributed by atoms with Crippen molar-refractivity contribution in [3.63, 3.8) is 0 Å². The third-order valence-corrected chi connectivity index (χ3v) is 4.56. The van der Waals surface area contributed by atoms with Crippen molar-refractivity contribution < 1.29 is 13.6 Å². The highest BCUT2D eigenvalue weighted by molar-refractivity contribution is 6.30. The van der Waals surface area contributed by atoms with Crippen LogP contribution in [0, 0.1) is 5.82 Å². The normalized spacial score (nSPS) is 10.9. The Kier molecular flexibility index (Phi) is 4.60. The van der Waals surface area contributed by atoms with Crippen molar-refractivity contribution in [1.29, 1.82) is 0 Å². The zero-order chi connectivity index (χ0) is 18.8. The van der Waals surface area contributed by atoms with Gasteiger partial charge in [-0.25, -0.2) is 9.37 Å². The molecule has 0 aliphatic rings. The van der Waals surface area contributed by atoms with Crippen LogP contribution in [-0.4, -0.2) is 10.9 Å². The molecule has 4 rings (SSSR count). The Labute approximate surface area is 160 Å². The van der Waals surface area contributed by atoms with E-state index in [1.54, 1.807) is 24.3 Å². The summed E-state index contributed by atoms with van der Waals surface area (Å²) in [7, 11) is 0.